The van der Waals surface area contributed by atoms with Crippen molar-refractivity contribution >= 4 is 5.91 Å². The fraction of sp³-hybridized carbons (Fsp3) is 0.250. The molecule has 4 nitrogen and oxygen atoms in total. The SMILES string of the molecule is NC(=O)c1c(C(F)(F)F)cc(C(F)(F)F)[nH]c1=O. The van der Waals surface area contributed by atoms with Gasteiger partial charge in [0, 0.05) is 0 Å². The first-order chi connectivity index (χ1) is 7.94. The second-order valence-corrected chi connectivity index (χ2v) is 3.16. The number of alkyl halides is 6. The van der Waals surface area contributed by atoms with E-state index in [0.717, 1.165) is 4.98 Å². The first-order valence-electron chi connectivity index (χ1n) is 4.16. The van der Waals surface area contributed by atoms with Gasteiger partial charge in [-0.1, -0.05) is 0 Å². The number of carbonyl (C=O) groups is 1. The molecule has 100 valence electrons. The fourth-order valence-corrected chi connectivity index (χ4v) is 1.18. The van der Waals surface area contributed by atoms with Crippen LogP contribution in [-0.2, 0) is 12.4 Å². The molecule has 0 bridgehead atoms. The molecule has 3 N–H and O–H groups in total. The van der Waals surface area contributed by atoms with Crippen LogP contribution < -0.4 is 11.3 Å². The third kappa shape index (κ3) is 2.63. The van der Waals surface area contributed by atoms with E-state index < -0.39 is 40.6 Å². The van der Waals surface area contributed by atoms with Crippen LogP contribution in [0.15, 0.2) is 10.9 Å². The molecule has 0 unspecified atom stereocenters. The van der Waals surface area contributed by atoms with Gasteiger partial charge >= 0.3 is 12.4 Å². The minimum atomic E-state index is -5.31. The summed E-state index contributed by atoms with van der Waals surface area (Å²) in [7, 11) is 0. The van der Waals surface area contributed by atoms with E-state index in [1.165, 1.54) is 0 Å². The van der Waals surface area contributed by atoms with E-state index in [2.05, 4.69) is 5.73 Å². The maximum absolute atomic E-state index is 12.4. The van der Waals surface area contributed by atoms with E-state index in [0.29, 0.717) is 0 Å². The van der Waals surface area contributed by atoms with Crippen molar-refractivity contribution in [1.82, 2.24) is 4.98 Å². The van der Waals surface area contributed by atoms with Gasteiger partial charge in [0.1, 0.15) is 11.3 Å². The van der Waals surface area contributed by atoms with E-state index in [1.54, 1.807) is 0 Å². The van der Waals surface area contributed by atoms with Crippen LogP contribution in [0.25, 0.3) is 0 Å². The Bertz CT molecular complexity index is 542. The van der Waals surface area contributed by atoms with Gasteiger partial charge in [0.15, 0.2) is 0 Å². The van der Waals surface area contributed by atoms with Gasteiger partial charge in [-0.25, -0.2) is 0 Å². The second-order valence-electron chi connectivity index (χ2n) is 3.16. The monoisotopic (exact) mass is 274 g/mol. The van der Waals surface area contributed by atoms with Crippen LogP contribution in [0.3, 0.4) is 0 Å². The molecule has 1 heterocycles. The number of hydrogen-bond acceptors (Lipinski definition) is 2. The third-order valence-corrected chi connectivity index (χ3v) is 1.89. The maximum Gasteiger partial charge on any atom is 0.431 e. The molecular formula is C8H4F6N2O2. The Morgan fingerprint density at radius 3 is 1.94 bits per heavy atom. The number of nitrogens with one attached hydrogen (secondary N) is 1. The van der Waals surface area contributed by atoms with Crippen molar-refractivity contribution in [1.29, 1.82) is 0 Å². The summed E-state index contributed by atoms with van der Waals surface area (Å²) in [6, 6.07) is -0.374. The van der Waals surface area contributed by atoms with E-state index in [1.807, 2.05) is 0 Å². The lowest BCUT2D eigenvalue weighted by molar-refractivity contribution is -0.145. The van der Waals surface area contributed by atoms with Gasteiger partial charge in [0.2, 0.25) is 0 Å². The van der Waals surface area contributed by atoms with Gasteiger partial charge in [-0.3, -0.25) is 9.59 Å². The van der Waals surface area contributed by atoms with Gasteiger partial charge < -0.3 is 10.7 Å². The average molecular weight is 274 g/mol. The Labute approximate surface area is 94.4 Å². The number of nitrogens with two attached hydrogens (primary N) is 1. The first kappa shape index (κ1) is 14.1. The number of aromatic amines is 1. The zero-order valence-electron chi connectivity index (χ0n) is 8.24. The molecule has 18 heavy (non-hydrogen) atoms. The highest BCUT2D eigenvalue weighted by atomic mass is 19.4. The van der Waals surface area contributed by atoms with Crippen molar-refractivity contribution in [3.05, 3.63) is 33.2 Å². The Balaban J connectivity index is 3.69. The zero-order chi connectivity index (χ0) is 14.3. The summed E-state index contributed by atoms with van der Waals surface area (Å²) in [5.74, 6) is -1.77. The van der Waals surface area contributed by atoms with Crippen molar-refractivity contribution in [2.75, 3.05) is 0 Å². The summed E-state index contributed by atoms with van der Waals surface area (Å²) in [5, 5.41) is 0. The van der Waals surface area contributed by atoms with Crippen LogP contribution in [0.4, 0.5) is 26.3 Å². The number of halogens is 6. The van der Waals surface area contributed by atoms with Crippen LogP contribution in [-0.4, -0.2) is 10.9 Å². The molecule has 0 saturated heterocycles. The lowest BCUT2D eigenvalue weighted by Gasteiger charge is -2.13. The number of pyridine rings is 1. The number of amides is 1. The van der Waals surface area contributed by atoms with E-state index in [4.69, 9.17) is 0 Å². The van der Waals surface area contributed by atoms with Gasteiger partial charge in [-0.2, -0.15) is 26.3 Å². The van der Waals surface area contributed by atoms with Crippen molar-refractivity contribution in [3.8, 4) is 0 Å². The average Bonchev–Trinajstić information content (AvgIpc) is 2.12. The molecule has 0 fully saturated rings. The summed E-state index contributed by atoms with van der Waals surface area (Å²) >= 11 is 0. The Hall–Kier alpha value is -2.00. The quantitative estimate of drug-likeness (QED) is 0.761. The number of aromatic nitrogens is 1. The smallest absolute Gasteiger partial charge is 0.365 e. The number of hydrogen-bond donors (Lipinski definition) is 2. The van der Waals surface area contributed by atoms with Crippen LogP contribution in [0.2, 0.25) is 0 Å². The van der Waals surface area contributed by atoms with Crippen LogP contribution in [0, 0.1) is 0 Å². The minimum absolute atomic E-state index is 0.374. The topological polar surface area (TPSA) is 76.0 Å². The molecule has 0 saturated carbocycles. The Morgan fingerprint density at radius 1 is 1.11 bits per heavy atom. The minimum Gasteiger partial charge on any atom is -0.365 e. The molecule has 0 aliphatic carbocycles. The third-order valence-electron chi connectivity index (χ3n) is 1.89. The largest absolute Gasteiger partial charge is 0.431 e. The summed E-state index contributed by atoms with van der Waals surface area (Å²) < 4.78 is 73.9. The molecule has 1 rings (SSSR count). The van der Waals surface area contributed by atoms with Crippen LogP contribution in [0.1, 0.15) is 21.6 Å². The molecule has 0 spiro atoms. The van der Waals surface area contributed by atoms with E-state index in [-0.39, 0.29) is 6.07 Å². The lowest BCUT2D eigenvalue weighted by atomic mass is 10.1. The molecule has 1 aromatic heterocycles. The predicted molar refractivity (Wildman–Crippen MR) is 45.6 cm³/mol. The summed E-state index contributed by atoms with van der Waals surface area (Å²) in [5.41, 5.74) is -2.81. The van der Waals surface area contributed by atoms with Crippen molar-refractivity contribution in [3.63, 3.8) is 0 Å². The van der Waals surface area contributed by atoms with Crippen molar-refractivity contribution < 1.29 is 31.1 Å². The summed E-state index contributed by atoms with van der Waals surface area (Å²) in [4.78, 5) is 22.8. The highest BCUT2D eigenvalue weighted by Gasteiger charge is 2.41. The number of primary amides is 1. The maximum atomic E-state index is 12.4. The molecule has 0 radical (unpaired) electrons. The standard InChI is InChI=1S/C8H4F6N2O2/c9-7(10,11)2-1-3(8(12,13)14)16-6(18)4(2)5(15)17/h1H,(H2,15,17)(H,16,18). The molecule has 0 aliphatic rings. The van der Waals surface area contributed by atoms with Crippen molar-refractivity contribution in [2.24, 2.45) is 5.73 Å². The molecule has 1 aromatic rings. The van der Waals surface area contributed by atoms with Gasteiger partial charge in [0.25, 0.3) is 11.5 Å². The van der Waals surface area contributed by atoms with E-state index >= 15 is 0 Å². The van der Waals surface area contributed by atoms with Crippen LogP contribution in [0.5, 0.6) is 0 Å². The number of H-pyrrole nitrogens is 1. The summed E-state index contributed by atoms with van der Waals surface area (Å²) in [6.45, 7) is 0. The molecule has 0 aromatic carbocycles. The highest BCUT2D eigenvalue weighted by molar-refractivity contribution is 5.94. The number of carbonyl (C=O) groups excluding carboxylic acids is 1. The molecule has 10 heteroatoms. The number of rotatable bonds is 1. The van der Waals surface area contributed by atoms with E-state index in [9.17, 15) is 35.9 Å². The Kier molecular flexibility index (Phi) is 3.15. The van der Waals surface area contributed by atoms with Gasteiger partial charge in [0.05, 0.1) is 5.56 Å². The van der Waals surface area contributed by atoms with Gasteiger partial charge in [-0.15, -0.1) is 0 Å². The summed E-state index contributed by atoms with van der Waals surface area (Å²) in [6.07, 6.45) is -10.5. The van der Waals surface area contributed by atoms with Crippen LogP contribution >= 0.6 is 0 Å². The zero-order valence-corrected chi connectivity index (χ0v) is 8.24. The molecular weight excluding hydrogens is 270 g/mol. The second kappa shape index (κ2) is 4.03. The molecule has 1 amide bonds. The fourth-order valence-electron chi connectivity index (χ4n) is 1.18. The Morgan fingerprint density at radius 2 is 1.61 bits per heavy atom. The normalized spacial score (nSPS) is 12.6. The molecule has 0 aliphatic heterocycles. The van der Waals surface area contributed by atoms with Crippen molar-refractivity contribution in [2.45, 2.75) is 12.4 Å². The highest BCUT2D eigenvalue weighted by Crippen LogP contribution is 2.34. The molecule has 0 atom stereocenters. The first-order valence-corrected chi connectivity index (χ1v) is 4.16. The predicted octanol–water partition coefficient (Wildman–Crippen LogP) is 1.51. The lowest BCUT2D eigenvalue weighted by Crippen LogP contribution is -2.31. The van der Waals surface area contributed by atoms with Gasteiger partial charge in [-0.05, 0) is 6.07 Å².